The van der Waals surface area contributed by atoms with E-state index in [4.69, 9.17) is 4.42 Å². The number of furan rings is 1. The third kappa shape index (κ3) is 2.42. The van der Waals surface area contributed by atoms with Crippen molar-refractivity contribution >= 4 is 11.0 Å². The maximum absolute atomic E-state index is 6.14. The van der Waals surface area contributed by atoms with Gasteiger partial charge in [0.2, 0.25) is 0 Å². The first kappa shape index (κ1) is 13.8. The van der Waals surface area contributed by atoms with Crippen LogP contribution in [-0.2, 0) is 0 Å². The average molecular weight is 299 g/mol. The van der Waals surface area contributed by atoms with Crippen LogP contribution in [0.15, 0.2) is 71.3 Å². The van der Waals surface area contributed by atoms with Gasteiger partial charge in [0.25, 0.3) is 0 Å². The van der Waals surface area contributed by atoms with Crippen LogP contribution in [0, 0.1) is 13.8 Å². The molecule has 0 aliphatic carbocycles. The number of nitrogens with zero attached hydrogens (tertiary/aromatic N) is 1. The van der Waals surface area contributed by atoms with Crippen LogP contribution in [-0.4, -0.2) is 4.98 Å². The Labute approximate surface area is 135 Å². The Balaban J connectivity index is 1.86. The molecule has 2 nitrogen and oxygen atoms in total. The average Bonchev–Trinajstić information content (AvgIpc) is 2.98. The van der Waals surface area contributed by atoms with Crippen LogP contribution >= 0.6 is 0 Å². The maximum Gasteiger partial charge on any atom is 0.138 e. The molecule has 2 aromatic carbocycles. The molecule has 0 saturated carbocycles. The lowest BCUT2D eigenvalue weighted by atomic mass is 10.0. The third-order valence-corrected chi connectivity index (χ3v) is 4.20. The van der Waals surface area contributed by atoms with Crippen LogP contribution < -0.4 is 0 Å². The molecule has 2 heterocycles. The molecule has 0 aliphatic rings. The molecule has 0 spiro atoms. The summed E-state index contributed by atoms with van der Waals surface area (Å²) in [6, 6.07) is 20.6. The molecule has 0 radical (unpaired) electrons. The Kier molecular flexibility index (Phi) is 3.23. The van der Waals surface area contributed by atoms with Crippen molar-refractivity contribution in [2.45, 2.75) is 13.8 Å². The number of pyridine rings is 1. The predicted octanol–water partition coefficient (Wildman–Crippen LogP) is 5.78. The summed E-state index contributed by atoms with van der Waals surface area (Å²) in [5, 5.41) is 1.03. The lowest BCUT2D eigenvalue weighted by Crippen LogP contribution is -1.85. The zero-order valence-electron chi connectivity index (χ0n) is 13.2. The maximum atomic E-state index is 6.14. The molecule has 0 aliphatic heterocycles. The normalized spacial score (nSPS) is 11.0. The van der Waals surface area contributed by atoms with E-state index >= 15 is 0 Å². The van der Waals surface area contributed by atoms with E-state index in [1.165, 1.54) is 16.7 Å². The molecule has 0 unspecified atom stereocenters. The van der Waals surface area contributed by atoms with Crippen molar-refractivity contribution in [3.8, 4) is 22.6 Å². The Morgan fingerprint density at radius 3 is 2.30 bits per heavy atom. The molecule has 0 amide bonds. The second kappa shape index (κ2) is 5.40. The van der Waals surface area contributed by atoms with Crippen LogP contribution in [0.1, 0.15) is 11.1 Å². The number of aryl methyl sites for hydroxylation is 2. The van der Waals surface area contributed by atoms with Crippen molar-refractivity contribution in [1.29, 1.82) is 0 Å². The van der Waals surface area contributed by atoms with Gasteiger partial charge in [0.1, 0.15) is 11.3 Å². The Morgan fingerprint density at radius 2 is 1.57 bits per heavy atom. The molecular formula is C21H17NO. The summed E-state index contributed by atoms with van der Waals surface area (Å²) in [6.45, 7) is 4.23. The number of rotatable bonds is 2. The summed E-state index contributed by atoms with van der Waals surface area (Å²) in [4.78, 5) is 4.57. The van der Waals surface area contributed by atoms with Crippen LogP contribution in [0.3, 0.4) is 0 Å². The largest absolute Gasteiger partial charge is 0.456 e. The third-order valence-electron chi connectivity index (χ3n) is 4.20. The van der Waals surface area contributed by atoms with E-state index in [0.29, 0.717) is 0 Å². The standard InChI is InChI=1S/C21H17NO/c1-14-7-6-8-15(2)21(14)20-11-17-13-22-18(12-19(17)23-20)16-9-4-3-5-10-16/h3-13H,1-2H3. The highest BCUT2D eigenvalue weighted by atomic mass is 16.3. The van der Waals surface area contributed by atoms with Crippen LogP contribution in [0.5, 0.6) is 0 Å². The molecule has 2 aromatic heterocycles. The second-order valence-corrected chi connectivity index (χ2v) is 5.85. The van der Waals surface area contributed by atoms with E-state index in [1.807, 2.05) is 30.5 Å². The fourth-order valence-corrected chi connectivity index (χ4v) is 3.03. The van der Waals surface area contributed by atoms with Crippen molar-refractivity contribution < 1.29 is 4.42 Å². The van der Waals surface area contributed by atoms with Crippen LogP contribution in [0.4, 0.5) is 0 Å². The predicted molar refractivity (Wildman–Crippen MR) is 94.4 cm³/mol. The molecular weight excluding hydrogens is 282 g/mol. The molecule has 4 aromatic rings. The molecule has 0 N–H and O–H groups in total. The number of hydrogen-bond donors (Lipinski definition) is 0. The van der Waals surface area contributed by atoms with E-state index in [-0.39, 0.29) is 0 Å². The van der Waals surface area contributed by atoms with Gasteiger partial charge in [0, 0.05) is 28.8 Å². The Morgan fingerprint density at radius 1 is 0.826 bits per heavy atom. The minimum absolute atomic E-state index is 0.872. The van der Waals surface area contributed by atoms with Crippen LogP contribution in [0.25, 0.3) is 33.6 Å². The number of hydrogen-bond acceptors (Lipinski definition) is 2. The monoisotopic (exact) mass is 299 g/mol. The molecule has 4 rings (SSSR count). The van der Waals surface area contributed by atoms with Crippen molar-refractivity contribution in [1.82, 2.24) is 4.98 Å². The molecule has 0 atom stereocenters. The first-order valence-electron chi connectivity index (χ1n) is 7.74. The second-order valence-electron chi connectivity index (χ2n) is 5.85. The summed E-state index contributed by atoms with van der Waals surface area (Å²) in [5.74, 6) is 0.905. The minimum Gasteiger partial charge on any atom is -0.456 e. The van der Waals surface area contributed by atoms with Crippen molar-refractivity contribution in [2.24, 2.45) is 0 Å². The van der Waals surface area contributed by atoms with E-state index in [1.54, 1.807) is 0 Å². The summed E-state index contributed by atoms with van der Waals surface area (Å²) < 4.78 is 6.14. The van der Waals surface area contributed by atoms with Crippen molar-refractivity contribution in [3.63, 3.8) is 0 Å². The molecule has 2 heteroatoms. The number of fused-ring (bicyclic) bond motifs is 1. The summed E-state index contributed by atoms with van der Waals surface area (Å²) >= 11 is 0. The molecule has 0 saturated heterocycles. The molecule has 112 valence electrons. The topological polar surface area (TPSA) is 26.0 Å². The molecule has 0 bridgehead atoms. The van der Waals surface area contributed by atoms with E-state index < -0.39 is 0 Å². The zero-order valence-corrected chi connectivity index (χ0v) is 13.2. The number of benzene rings is 2. The highest BCUT2D eigenvalue weighted by molar-refractivity contribution is 5.86. The first-order valence-corrected chi connectivity index (χ1v) is 7.74. The van der Waals surface area contributed by atoms with Gasteiger partial charge in [0.15, 0.2) is 0 Å². The smallest absolute Gasteiger partial charge is 0.138 e. The SMILES string of the molecule is Cc1cccc(C)c1-c1cc2cnc(-c3ccccc3)cc2o1. The van der Waals surface area contributed by atoms with Crippen LogP contribution in [0.2, 0.25) is 0 Å². The Hall–Kier alpha value is -2.87. The van der Waals surface area contributed by atoms with Gasteiger partial charge in [-0.25, -0.2) is 0 Å². The lowest BCUT2D eigenvalue weighted by Gasteiger charge is -2.05. The van der Waals surface area contributed by atoms with Gasteiger partial charge in [-0.2, -0.15) is 0 Å². The zero-order chi connectivity index (χ0) is 15.8. The van der Waals surface area contributed by atoms with Gasteiger partial charge in [-0.15, -0.1) is 0 Å². The highest BCUT2D eigenvalue weighted by Crippen LogP contribution is 2.33. The van der Waals surface area contributed by atoms with Gasteiger partial charge in [-0.3, -0.25) is 4.98 Å². The Bertz CT molecular complexity index is 963. The highest BCUT2D eigenvalue weighted by Gasteiger charge is 2.12. The van der Waals surface area contributed by atoms with Gasteiger partial charge in [-0.05, 0) is 31.0 Å². The van der Waals surface area contributed by atoms with Crippen molar-refractivity contribution in [3.05, 3.63) is 78.0 Å². The fraction of sp³-hybridized carbons (Fsp3) is 0.0952. The van der Waals surface area contributed by atoms with E-state index in [9.17, 15) is 0 Å². The summed E-state index contributed by atoms with van der Waals surface area (Å²) in [5.41, 5.74) is 6.52. The van der Waals surface area contributed by atoms with E-state index in [2.05, 4.69) is 55.2 Å². The van der Waals surface area contributed by atoms with Gasteiger partial charge < -0.3 is 4.42 Å². The molecule has 23 heavy (non-hydrogen) atoms. The quantitative estimate of drug-likeness (QED) is 0.469. The van der Waals surface area contributed by atoms with Gasteiger partial charge >= 0.3 is 0 Å². The summed E-state index contributed by atoms with van der Waals surface area (Å²) in [6.07, 6.45) is 1.89. The fourth-order valence-electron chi connectivity index (χ4n) is 3.03. The van der Waals surface area contributed by atoms with Crippen molar-refractivity contribution in [2.75, 3.05) is 0 Å². The lowest BCUT2D eigenvalue weighted by molar-refractivity contribution is 0.630. The number of aromatic nitrogens is 1. The van der Waals surface area contributed by atoms with E-state index in [0.717, 1.165) is 28.0 Å². The van der Waals surface area contributed by atoms with Gasteiger partial charge in [0.05, 0.1) is 5.69 Å². The summed E-state index contributed by atoms with van der Waals surface area (Å²) in [7, 11) is 0. The van der Waals surface area contributed by atoms with Gasteiger partial charge in [-0.1, -0.05) is 48.5 Å². The minimum atomic E-state index is 0.872. The first-order chi connectivity index (χ1) is 11.2. The molecule has 0 fully saturated rings.